The van der Waals surface area contributed by atoms with E-state index in [1.54, 1.807) is 0 Å². The quantitative estimate of drug-likeness (QED) is 0.652. The molecule has 1 rings (SSSR count). The highest BCUT2D eigenvalue weighted by atomic mass is 35.5. The lowest BCUT2D eigenvalue weighted by atomic mass is 10.5. The van der Waals surface area contributed by atoms with Crippen LogP contribution < -0.4 is 0 Å². The third-order valence-corrected chi connectivity index (χ3v) is 4.39. The highest BCUT2D eigenvalue weighted by molar-refractivity contribution is 7.89. The highest BCUT2D eigenvalue weighted by Crippen LogP contribution is 2.31. The number of halogens is 3. The van der Waals surface area contributed by atoms with Gasteiger partial charge in [-0.3, -0.25) is 0 Å². The molecular formula is C8H14ClF2NO2S. The molecule has 1 aliphatic carbocycles. The van der Waals surface area contributed by atoms with Crippen molar-refractivity contribution in [2.24, 2.45) is 5.92 Å². The van der Waals surface area contributed by atoms with Crippen molar-refractivity contribution < 1.29 is 17.2 Å². The van der Waals surface area contributed by atoms with Crippen LogP contribution in [0.3, 0.4) is 0 Å². The van der Waals surface area contributed by atoms with Crippen LogP contribution in [0.5, 0.6) is 0 Å². The molecule has 0 amide bonds. The highest BCUT2D eigenvalue weighted by Gasteiger charge is 2.32. The van der Waals surface area contributed by atoms with Crippen LogP contribution in [0.2, 0.25) is 0 Å². The molecule has 0 spiro atoms. The molecule has 0 aromatic heterocycles. The van der Waals surface area contributed by atoms with E-state index < -0.39 is 23.0 Å². The molecule has 0 atom stereocenters. The van der Waals surface area contributed by atoms with Crippen LogP contribution in [0.15, 0.2) is 0 Å². The van der Waals surface area contributed by atoms with Gasteiger partial charge in [-0.25, -0.2) is 17.2 Å². The van der Waals surface area contributed by atoms with E-state index in [2.05, 4.69) is 0 Å². The zero-order valence-corrected chi connectivity index (χ0v) is 9.78. The molecule has 1 aliphatic rings. The fourth-order valence-corrected chi connectivity index (χ4v) is 3.43. The van der Waals surface area contributed by atoms with Crippen molar-refractivity contribution in [1.29, 1.82) is 0 Å². The molecule has 1 saturated carbocycles. The molecule has 1 fully saturated rings. The Hall–Kier alpha value is 0.0600. The zero-order valence-electron chi connectivity index (χ0n) is 8.20. The minimum Gasteiger partial charge on any atom is -0.212 e. The molecule has 90 valence electrons. The van der Waals surface area contributed by atoms with Gasteiger partial charge in [-0.1, -0.05) is 0 Å². The van der Waals surface area contributed by atoms with Crippen LogP contribution in [-0.4, -0.2) is 43.9 Å². The molecule has 0 unspecified atom stereocenters. The molecule has 7 heteroatoms. The lowest BCUT2D eigenvalue weighted by molar-refractivity contribution is 0.121. The molecule has 0 aromatic carbocycles. The predicted octanol–water partition coefficient (Wildman–Crippen LogP) is 1.53. The first-order valence-corrected chi connectivity index (χ1v) is 6.92. The molecule has 0 radical (unpaired) electrons. The van der Waals surface area contributed by atoms with Crippen molar-refractivity contribution >= 4 is 21.6 Å². The first-order valence-electron chi connectivity index (χ1n) is 4.77. The molecule has 0 aromatic rings. The van der Waals surface area contributed by atoms with Crippen molar-refractivity contribution in [1.82, 2.24) is 4.31 Å². The van der Waals surface area contributed by atoms with E-state index in [4.69, 9.17) is 11.6 Å². The summed E-state index contributed by atoms with van der Waals surface area (Å²) in [4.78, 5) is 0. The monoisotopic (exact) mass is 261 g/mol. The molecule has 15 heavy (non-hydrogen) atoms. The summed E-state index contributed by atoms with van der Waals surface area (Å²) in [6.45, 7) is -0.789. The van der Waals surface area contributed by atoms with Gasteiger partial charge in [0.05, 0.1) is 12.3 Å². The van der Waals surface area contributed by atoms with E-state index >= 15 is 0 Å². The molecular weight excluding hydrogens is 248 g/mol. The van der Waals surface area contributed by atoms with Gasteiger partial charge < -0.3 is 0 Å². The Kier molecular flexibility index (Phi) is 4.73. The maximum Gasteiger partial charge on any atom is 0.252 e. The first kappa shape index (κ1) is 13.1. The number of rotatable bonds is 7. The third kappa shape index (κ3) is 4.61. The van der Waals surface area contributed by atoms with E-state index in [-0.39, 0.29) is 24.1 Å². The van der Waals surface area contributed by atoms with Crippen molar-refractivity contribution in [3.63, 3.8) is 0 Å². The minimum atomic E-state index is -3.55. The second-order valence-corrected chi connectivity index (χ2v) is 6.05. The number of hydrogen-bond donors (Lipinski definition) is 0. The maximum atomic E-state index is 12.1. The Labute approximate surface area is 93.4 Å². The summed E-state index contributed by atoms with van der Waals surface area (Å²) in [5.74, 6) is 0.179. The van der Waals surface area contributed by atoms with Gasteiger partial charge in [-0.2, -0.15) is 4.31 Å². The van der Waals surface area contributed by atoms with E-state index in [1.165, 1.54) is 0 Å². The van der Waals surface area contributed by atoms with E-state index in [9.17, 15) is 17.2 Å². The van der Waals surface area contributed by atoms with Crippen LogP contribution in [-0.2, 0) is 10.0 Å². The lowest BCUT2D eigenvalue weighted by Crippen LogP contribution is -2.38. The van der Waals surface area contributed by atoms with Gasteiger partial charge in [0.1, 0.15) is 0 Å². The van der Waals surface area contributed by atoms with Crippen LogP contribution in [0.1, 0.15) is 12.8 Å². The van der Waals surface area contributed by atoms with E-state index in [0.717, 1.165) is 17.1 Å². The predicted molar refractivity (Wildman–Crippen MR) is 54.8 cm³/mol. The van der Waals surface area contributed by atoms with Gasteiger partial charge in [0.15, 0.2) is 0 Å². The van der Waals surface area contributed by atoms with Crippen molar-refractivity contribution in [2.45, 2.75) is 19.3 Å². The third-order valence-electron chi connectivity index (χ3n) is 2.21. The molecule has 0 aliphatic heterocycles. The van der Waals surface area contributed by atoms with Crippen LogP contribution in [0, 0.1) is 5.92 Å². The second kappa shape index (κ2) is 5.41. The van der Waals surface area contributed by atoms with Crippen molar-refractivity contribution in [3.8, 4) is 0 Å². The summed E-state index contributed by atoms with van der Waals surface area (Å²) < 4.78 is 48.4. The normalized spacial score (nSPS) is 17.7. The Morgan fingerprint density at radius 3 is 2.40 bits per heavy atom. The fraction of sp³-hybridized carbons (Fsp3) is 1.00. The van der Waals surface area contributed by atoms with E-state index in [1.807, 2.05) is 0 Å². The Bertz CT molecular complexity index is 293. The topological polar surface area (TPSA) is 37.4 Å². The molecule has 0 bridgehead atoms. The minimum absolute atomic E-state index is 0.0173. The molecule has 0 saturated heterocycles. The van der Waals surface area contributed by atoms with Gasteiger partial charge >= 0.3 is 0 Å². The summed E-state index contributed by atoms with van der Waals surface area (Å²) in [6, 6.07) is 0. The van der Waals surface area contributed by atoms with Crippen LogP contribution in [0.4, 0.5) is 8.78 Å². The maximum absolute atomic E-state index is 12.1. The first-order chi connectivity index (χ1) is 6.95. The number of sulfonamides is 1. The SMILES string of the molecule is O=S(=O)(CC1CC1)N(CCCl)CC(F)F. The van der Waals surface area contributed by atoms with Crippen molar-refractivity contribution in [2.75, 3.05) is 24.7 Å². The number of nitrogens with zero attached hydrogens (tertiary/aromatic N) is 1. The molecule has 0 heterocycles. The average Bonchev–Trinajstić information content (AvgIpc) is 2.86. The smallest absolute Gasteiger partial charge is 0.212 e. The summed E-state index contributed by atoms with van der Waals surface area (Å²) in [7, 11) is -3.55. The van der Waals surface area contributed by atoms with Crippen LogP contribution in [0.25, 0.3) is 0 Å². The second-order valence-electron chi connectivity index (χ2n) is 3.66. The molecule has 0 N–H and O–H groups in total. The van der Waals surface area contributed by atoms with Gasteiger partial charge in [-0.05, 0) is 18.8 Å². The fourth-order valence-electron chi connectivity index (χ4n) is 1.28. The average molecular weight is 262 g/mol. The molecule has 3 nitrogen and oxygen atoms in total. The number of hydrogen-bond acceptors (Lipinski definition) is 2. The van der Waals surface area contributed by atoms with Gasteiger partial charge in [0.2, 0.25) is 10.0 Å². The lowest BCUT2D eigenvalue weighted by Gasteiger charge is -2.20. The summed E-state index contributed by atoms with van der Waals surface area (Å²) in [6.07, 6.45) is -0.896. The zero-order chi connectivity index (χ0) is 11.5. The van der Waals surface area contributed by atoms with Gasteiger partial charge in [-0.15, -0.1) is 11.6 Å². The van der Waals surface area contributed by atoms with Crippen LogP contribution >= 0.6 is 11.6 Å². The Balaban J connectivity index is 2.58. The Morgan fingerprint density at radius 2 is 2.00 bits per heavy atom. The largest absolute Gasteiger partial charge is 0.252 e. The summed E-state index contributed by atoms with van der Waals surface area (Å²) >= 11 is 5.39. The number of alkyl halides is 3. The summed E-state index contributed by atoms with van der Waals surface area (Å²) in [5.41, 5.74) is 0. The van der Waals surface area contributed by atoms with Gasteiger partial charge in [0, 0.05) is 12.4 Å². The van der Waals surface area contributed by atoms with Gasteiger partial charge in [0.25, 0.3) is 6.43 Å². The van der Waals surface area contributed by atoms with Crippen molar-refractivity contribution in [3.05, 3.63) is 0 Å². The summed E-state index contributed by atoms with van der Waals surface area (Å²) in [5, 5.41) is 0. The van der Waals surface area contributed by atoms with E-state index in [0.29, 0.717) is 0 Å². The Morgan fingerprint density at radius 1 is 1.40 bits per heavy atom. The standard InChI is InChI=1S/C8H14ClF2NO2S/c9-3-4-12(5-8(10)11)15(13,14)6-7-1-2-7/h7-8H,1-6H2.